The molecule has 0 atom stereocenters. The van der Waals surface area contributed by atoms with E-state index in [2.05, 4.69) is 14.9 Å². The highest BCUT2D eigenvalue weighted by Crippen LogP contribution is 2.40. The van der Waals surface area contributed by atoms with Gasteiger partial charge in [-0.25, -0.2) is 9.78 Å². The Labute approximate surface area is 154 Å². The Morgan fingerprint density at radius 3 is 3.04 bits per heavy atom. The van der Waals surface area contributed by atoms with Gasteiger partial charge in [0.2, 0.25) is 5.91 Å². The lowest BCUT2D eigenvalue weighted by molar-refractivity contribution is -0.113. The van der Waals surface area contributed by atoms with Crippen molar-refractivity contribution in [3.8, 4) is 0 Å². The minimum absolute atomic E-state index is 0.125. The van der Waals surface area contributed by atoms with Crippen LogP contribution in [0.3, 0.4) is 0 Å². The molecule has 0 bridgehead atoms. The number of thiophene rings is 1. The highest BCUT2D eigenvalue weighted by atomic mass is 32.2. The van der Waals surface area contributed by atoms with E-state index in [9.17, 15) is 9.59 Å². The van der Waals surface area contributed by atoms with Crippen LogP contribution in [0.4, 0.5) is 5.00 Å². The average Bonchev–Trinajstić information content (AvgIpc) is 3.02. The molecule has 2 aromatic heterocycles. The minimum Gasteiger partial charge on any atom is -0.465 e. The van der Waals surface area contributed by atoms with Gasteiger partial charge in [-0.3, -0.25) is 4.79 Å². The Kier molecular flexibility index (Phi) is 4.56. The average molecular weight is 377 g/mol. The number of nitrogens with one attached hydrogen (secondary N) is 1. The molecule has 2 aliphatic carbocycles. The van der Waals surface area contributed by atoms with Gasteiger partial charge >= 0.3 is 5.97 Å². The number of fused-ring (bicyclic) bond motifs is 1. The van der Waals surface area contributed by atoms with Crippen LogP contribution in [-0.2, 0) is 22.4 Å². The Morgan fingerprint density at radius 2 is 2.28 bits per heavy atom. The van der Waals surface area contributed by atoms with Crippen molar-refractivity contribution in [1.29, 1.82) is 0 Å². The SMILES string of the molecule is COC(=O)c1c(NC(=O)CSc2nccn2C2CC2)sc2c1CCC2. The van der Waals surface area contributed by atoms with Crippen LogP contribution in [0.1, 0.15) is 46.1 Å². The van der Waals surface area contributed by atoms with Crippen molar-refractivity contribution in [3.63, 3.8) is 0 Å². The number of hydrogen-bond acceptors (Lipinski definition) is 6. The first-order chi connectivity index (χ1) is 12.2. The number of methoxy groups -OCH3 is 1. The fourth-order valence-corrected chi connectivity index (χ4v) is 5.27. The van der Waals surface area contributed by atoms with Gasteiger partial charge in [-0.1, -0.05) is 11.8 Å². The monoisotopic (exact) mass is 377 g/mol. The number of thioether (sulfide) groups is 1. The normalized spacial score (nSPS) is 15.9. The number of carbonyl (C=O) groups excluding carboxylic acids is 2. The van der Waals surface area contributed by atoms with Crippen molar-refractivity contribution in [1.82, 2.24) is 9.55 Å². The molecule has 0 radical (unpaired) electrons. The predicted octanol–water partition coefficient (Wildman–Crippen LogP) is 3.29. The van der Waals surface area contributed by atoms with Gasteiger partial charge in [-0.15, -0.1) is 11.3 Å². The molecule has 0 aromatic carbocycles. The molecule has 1 N–H and O–H groups in total. The maximum Gasteiger partial charge on any atom is 0.341 e. The van der Waals surface area contributed by atoms with Crippen LogP contribution >= 0.6 is 23.1 Å². The van der Waals surface area contributed by atoms with Gasteiger partial charge < -0.3 is 14.6 Å². The topological polar surface area (TPSA) is 73.2 Å². The fraction of sp³-hybridized carbons (Fsp3) is 0.471. The van der Waals surface area contributed by atoms with Crippen LogP contribution in [0, 0.1) is 0 Å². The first-order valence-corrected chi connectivity index (χ1v) is 10.2. The standard InChI is InChI=1S/C17H19N3O3S2/c1-23-16(22)14-11-3-2-4-12(11)25-15(14)19-13(21)9-24-17-18-7-8-20(17)10-5-6-10/h7-8,10H,2-6,9H2,1H3,(H,19,21). The maximum absolute atomic E-state index is 12.4. The highest BCUT2D eigenvalue weighted by molar-refractivity contribution is 7.99. The first kappa shape index (κ1) is 16.7. The molecule has 1 saturated carbocycles. The van der Waals surface area contributed by atoms with Crippen LogP contribution < -0.4 is 5.32 Å². The molecule has 1 fully saturated rings. The highest BCUT2D eigenvalue weighted by Gasteiger charge is 2.28. The summed E-state index contributed by atoms with van der Waals surface area (Å²) in [5.74, 6) is -0.223. The number of carbonyl (C=O) groups is 2. The summed E-state index contributed by atoms with van der Waals surface area (Å²) >= 11 is 2.93. The minimum atomic E-state index is -0.369. The maximum atomic E-state index is 12.4. The molecule has 1 amide bonds. The number of ether oxygens (including phenoxy) is 1. The molecule has 0 spiro atoms. The number of aryl methyl sites for hydroxylation is 1. The molecule has 0 unspecified atom stereocenters. The number of anilines is 1. The van der Waals surface area contributed by atoms with Crippen LogP contribution in [0.5, 0.6) is 0 Å². The molecular formula is C17H19N3O3S2. The molecule has 2 aromatic rings. The largest absolute Gasteiger partial charge is 0.465 e. The van der Waals surface area contributed by atoms with Gasteiger partial charge in [0.15, 0.2) is 5.16 Å². The summed E-state index contributed by atoms with van der Waals surface area (Å²) in [6.07, 6.45) is 9.00. The third kappa shape index (κ3) is 3.32. The van der Waals surface area contributed by atoms with Crippen molar-refractivity contribution in [2.45, 2.75) is 43.3 Å². The van der Waals surface area contributed by atoms with Crippen LogP contribution in [0.25, 0.3) is 0 Å². The van der Waals surface area contributed by atoms with E-state index in [-0.39, 0.29) is 17.6 Å². The second kappa shape index (κ2) is 6.84. The molecule has 2 heterocycles. The van der Waals surface area contributed by atoms with Crippen molar-refractivity contribution in [3.05, 3.63) is 28.4 Å². The fourth-order valence-electron chi connectivity index (χ4n) is 3.14. The van der Waals surface area contributed by atoms with E-state index in [1.54, 1.807) is 6.20 Å². The van der Waals surface area contributed by atoms with Gasteiger partial charge in [0, 0.05) is 23.3 Å². The summed E-state index contributed by atoms with van der Waals surface area (Å²) in [4.78, 5) is 30.0. The second-order valence-electron chi connectivity index (χ2n) is 6.24. The Balaban J connectivity index is 1.44. The van der Waals surface area contributed by atoms with E-state index in [0.717, 1.165) is 30.0 Å². The molecule has 25 heavy (non-hydrogen) atoms. The van der Waals surface area contributed by atoms with E-state index >= 15 is 0 Å². The van der Waals surface area contributed by atoms with Crippen LogP contribution in [0.15, 0.2) is 17.6 Å². The van der Waals surface area contributed by atoms with Gasteiger partial charge in [-0.05, 0) is 37.7 Å². The molecule has 6 nitrogen and oxygen atoms in total. The molecule has 0 saturated heterocycles. The predicted molar refractivity (Wildman–Crippen MR) is 97.5 cm³/mol. The summed E-state index contributed by atoms with van der Waals surface area (Å²) in [7, 11) is 1.38. The van der Waals surface area contributed by atoms with E-state index in [1.165, 1.54) is 47.9 Å². The summed E-state index contributed by atoms with van der Waals surface area (Å²) in [5.41, 5.74) is 1.59. The van der Waals surface area contributed by atoms with E-state index in [4.69, 9.17) is 4.74 Å². The summed E-state index contributed by atoms with van der Waals surface area (Å²) in [6, 6.07) is 0.541. The second-order valence-corrected chi connectivity index (χ2v) is 8.29. The first-order valence-electron chi connectivity index (χ1n) is 8.35. The van der Waals surface area contributed by atoms with Crippen LogP contribution in [-0.4, -0.2) is 34.3 Å². The van der Waals surface area contributed by atoms with Crippen molar-refractivity contribution in [2.75, 3.05) is 18.2 Å². The lowest BCUT2D eigenvalue weighted by Crippen LogP contribution is -2.16. The van der Waals surface area contributed by atoms with E-state index in [0.29, 0.717) is 16.6 Å². The van der Waals surface area contributed by atoms with E-state index in [1.807, 2.05) is 6.20 Å². The van der Waals surface area contributed by atoms with Gasteiger partial charge in [0.05, 0.1) is 18.4 Å². The Morgan fingerprint density at radius 1 is 1.44 bits per heavy atom. The lowest BCUT2D eigenvalue weighted by Gasteiger charge is -2.08. The zero-order valence-electron chi connectivity index (χ0n) is 13.9. The van der Waals surface area contributed by atoms with Crippen molar-refractivity contribution >= 4 is 40.0 Å². The number of nitrogens with zero attached hydrogens (tertiary/aromatic N) is 2. The summed E-state index contributed by atoms with van der Waals surface area (Å²) in [6.45, 7) is 0. The smallest absolute Gasteiger partial charge is 0.341 e. The van der Waals surface area contributed by atoms with Gasteiger partial charge in [-0.2, -0.15) is 0 Å². The number of amides is 1. The molecule has 4 rings (SSSR count). The number of hydrogen-bond donors (Lipinski definition) is 1. The number of rotatable bonds is 6. The third-order valence-corrected chi connectivity index (χ3v) is 6.66. The summed E-state index contributed by atoms with van der Waals surface area (Å²) < 4.78 is 7.04. The molecule has 132 valence electrons. The molecule has 0 aliphatic heterocycles. The zero-order valence-corrected chi connectivity index (χ0v) is 15.5. The molecule has 8 heteroatoms. The van der Waals surface area contributed by atoms with Crippen molar-refractivity contribution < 1.29 is 14.3 Å². The van der Waals surface area contributed by atoms with Gasteiger partial charge in [0.25, 0.3) is 0 Å². The lowest BCUT2D eigenvalue weighted by atomic mass is 10.1. The molecule has 2 aliphatic rings. The van der Waals surface area contributed by atoms with E-state index < -0.39 is 0 Å². The zero-order chi connectivity index (χ0) is 17.4. The third-order valence-electron chi connectivity index (χ3n) is 4.47. The van der Waals surface area contributed by atoms with Crippen molar-refractivity contribution in [2.24, 2.45) is 0 Å². The quantitative estimate of drug-likeness (QED) is 0.618. The molecular weight excluding hydrogens is 358 g/mol. The Hall–Kier alpha value is -1.80. The Bertz CT molecular complexity index is 823. The van der Waals surface area contributed by atoms with Gasteiger partial charge in [0.1, 0.15) is 5.00 Å². The summed E-state index contributed by atoms with van der Waals surface area (Å²) in [5, 5.41) is 4.40. The number of imidazole rings is 1. The number of aromatic nitrogens is 2. The van der Waals surface area contributed by atoms with Crippen LogP contribution in [0.2, 0.25) is 0 Å². The number of esters is 1.